The van der Waals surface area contributed by atoms with Gasteiger partial charge in [0.15, 0.2) is 6.23 Å². The van der Waals surface area contributed by atoms with Gasteiger partial charge in [-0.3, -0.25) is 9.59 Å². The van der Waals surface area contributed by atoms with Gasteiger partial charge in [-0.15, -0.1) is 0 Å². The molecule has 1 N–H and O–H groups in total. The molecule has 1 heterocycles. The van der Waals surface area contributed by atoms with Gasteiger partial charge in [0.05, 0.1) is 11.1 Å². The Bertz CT molecular complexity index is 616. The molecule has 1 atom stereocenters. The summed E-state index contributed by atoms with van der Waals surface area (Å²) in [5, 5.41) is 0. The van der Waals surface area contributed by atoms with Crippen molar-refractivity contribution in [2.75, 3.05) is 0 Å². The molecule has 0 saturated carbocycles. The highest BCUT2D eigenvalue weighted by molar-refractivity contribution is 6.21. The van der Waals surface area contributed by atoms with Crippen LogP contribution in [0.4, 0.5) is 4.79 Å². The minimum Gasteiger partial charge on any atom is -0.442 e. The zero-order valence-electron chi connectivity index (χ0n) is 14.3. The van der Waals surface area contributed by atoms with Crippen molar-refractivity contribution < 1.29 is 24.0 Å². The van der Waals surface area contributed by atoms with Crippen LogP contribution in [0.25, 0.3) is 0 Å². The van der Waals surface area contributed by atoms with Crippen LogP contribution >= 0.6 is 0 Å². The molecular weight excluding hydrogens is 312 g/mol. The molecule has 1 aromatic rings. The smallest absolute Gasteiger partial charge is 0.431 e. The second kappa shape index (κ2) is 7.00. The molecule has 1 aliphatic rings. The number of fused-ring (bicyclic) bond motifs is 1. The number of imide groups is 1. The molecule has 1 unspecified atom stereocenters. The van der Waals surface area contributed by atoms with Gasteiger partial charge in [-0.2, -0.15) is 5.48 Å². The van der Waals surface area contributed by atoms with Gasteiger partial charge in [0, 0.05) is 0 Å². The highest BCUT2D eigenvalue weighted by Crippen LogP contribution is 2.26. The lowest BCUT2D eigenvalue weighted by Gasteiger charge is -2.26. The van der Waals surface area contributed by atoms with Crippen molar-refractivity contribution in [1.29, 1.82) is 0 Å². The van der Waals surface area contributed by atoms with Crippen molar-refractivity contribution in [2.45, 2.75) is 52.4 Å². The quantitative estimate of drug-likeness (QED) is 0.661. The Morgan fingerprint density at radius 1 is 1.17 bits per heavy atom. The second-order valence-corrected chi connectivity index (χ2v) is 6.49. The summed E-state index contributed by atoms with van der Waals surface area (Å²) >= 11 is 0. The maximum absolute atomic E-state index is 12.5. The van der Waals surface area contributed by atoms with Crippen LogP contribution < -0.4 is 5.48 Å². The maximum atomic E-state index is 12.5. The third-order valence-electron chi connectivity index (χ3n) is 3.33. The first-order chi connectivity index (χ1) is 11.2. The Kier molecular flexibility index (Phi) is 5.23. The summed E-state index contributed by atoms with van der Waals surface area (Å²) in [5.41, 5.74) is 2.16. The Morgan fingerprint density at radius 2 is 1.71 bits per heavy atom. The Balaban J connectivity index is 2.10. The number of carbonyl (C=O) groups is 3. The third kappa shape index (κ3) is 3.91. The van der Waals surface area contributed by atoms with Crippen molar-refractivity contribution in [3.05, 3.63) is 35.4 Å². The fourth-order valence-corrected chi connectivity index (χ4v) is 2.37. The van der Waals surface area contributed by atoms with Gasteiger partial charge in [0.2, 0.25) is 0 Å². The molecule has 24 heavy (non-hydrogen) atoms. The number of nitrogens with one attached hydrogen (secondary N) is 1. The van der Waals surface area contributed by atoms with Crippen LogP contribution in [0.5, 0.6) is 0 Å². The van der Waals surface area contributed by atoms with E-state index in [-0.39, 0.29) is 0 Å². The molecule has 7 nitrogen and oxygen atoms in total. The monoisotopic (exact) mass is 334 g/mol. The molecule has 0 saturated heterocycles. The van der Waals surface area contributed by atoms with Crippen LogP contribution in [-0.4, -0.2) is 34.6 Å². The summed E-state index contributed by atoms with van der Waals surface area (Å²) < 4.78 is 5.08. The van der Waals surface area contributed by atoms with E-state index >= 15 is 0 Å². The van der Waals surface area contributed by atoms with Crippen molar-refractivity contribution >= 4 is 17.9 Å². The van der Waals surface area contributed by atoms with Crippen LogP contribution in [0, 0.1) is 0 Å². The number of hydroxylamine groups is 1. The lowest BCUT2D eigenvalue weighted by atomic mass is 10.1. The average molecular weight is 334 g/mol. The fourth-order valence-electron chi connectivity index (χ4n) is 2.37. The number of hydrogen-bond acceptors (Lipinski definition) is 5. The zero-order chi connectivity index (χ0) is 17.9. The number of hydrogen-bond donors (Lipinski definition) is 1. The first kappa shape index (κ1) is 17.9. The number of ether oxygens (including phenoxy) is 1. The van der Waals surface area contributed by atoms with Gasteiger partial charge in [0.25, 0.3) is 11.8 Å². The van der Waals surface area contributed by atoms with Crippen molar-refractivity contribution in [1.82, 2.24) is 10.4 Å². The van der Waals surface area contributed by atoms with E-state index in [9.17, 15) is 14.4 Å². The minimum atomic E-state index is -0.894. The van der Waals surface area contributed by atoms with Gasteiger partial charge in [-0.25, -0.2) is 14.5 Å². The topological polar surface area (TPSA) is 84.9 Å². The summed E-state index contributed by atoms with van der Waals surface area (Å²) in [6.45, 7) is 7.06. The second-order valence-electron chi connectivity index (χ2n) is 6.49. The molecule has 130 valence electrons. The van der Waals surface area contributed by atoms with Crippen LogP contribution in [0.3, 0.4) is 0 Å². The van der Waals surface area contributed by atoms with Gasteiger partial charge in [-0.05, 0) is 39.3 Å². The Morgan fingerprint density at radius 3 is 2.17 bits per heavy atom. The van der Waals surface area contributed by atoms with E-state index in [0.29, 0.717) is 24.0 Å². The van der Waals surface area contributed by atoms with Crippen LogP contribution in [0.15, 0.2) is 24.3 Å². The number of rotatable bonds is 5. The zero-order valence-corrected chi connectivity index (χ0v) is 14.3. The summed E-state index contributed by atoms with van der Waals surface area (Å²) in [6, 6.07) is 6.59. The van der Waals surface area contributed by atoms with E-state index in [1.54, 1.807) is 45.0 Å². The van der Waals surface area contributed by atoms with Crippen LogP contribution in [0.1, 0.15) is 61.3 Å². The lowest BCUT2D eigenvalue weighted by molar-refractivity contribution is -0.0888. The average Bonchev–Trinajstić information content (AvgIpc) is 2.74. The molecule has 2 rings (SSSR count). The molecule has 7 heteroatoms. The number of benzene rings is 1. The molecule has 0 aliphatic carbocycles. The van der Waals surface area contributed by atoms with Crippen molar-refractivity contribution in [3.63, 3.8) is 0 Å². The van der Waals surface area contributed by atoms with E-state index < -0.39 is 29.7 Å². The Labute approximate surface area is 140 Å². The largest absolute Gasteiger partial charge is 0.442 e. The van der Waals surface area contributed by atoms with E-state index in [1.807, 2.05) is 6.92 Å². The molecule has 0 aromatic heterocycles. The van der Waals surface area contributed by atoms with Crippen molar-refractivity contribution in [3.8, 4) is 0 Å². The van der Waals surface area contributed by atoms with Crippen LogP contribution in [0.2, 0.25) is 0 Å². The normalized spacial score (nSPS) is 15.2. The number of carbonyl (C=O) groups excluding carboxylic acids is 3. The highest BCUT2D eigenvalue weighted by Gasteiger charge is 2.40. The minimum absolute atomic E-state index is 0.337. The fraction of sp³-hybridized carbons (Fsp3) is 0.471. The molecular formula is C17H22N2O5. The van der Waals surface area contributed by atoms with Gasteiger partial charge in [0.1, 0.15) is 5.60 Å². The molecule has 1 aliphatic heterocycles. The molecule has 0 radical (unpaired) electrons. The van der Waals surface area contributed by atoms with Gasteiger partial charge < -0.3 is 4.74 Å². The lowest BCUT2D eigenvalue weighted by Crippen LogP contribution is -2.46. The van der Waals surface area contributed by atoms with Gasteiger partial charge >= 0.3 is 6.09 Å². The number of amides is 3. The predicted octanol–water partition coefficient (Wildman–Crippen LogP) is 2.87. The Hall–Kier alpha value is -2.41. The summed E-state index contributed by atoms with van der Waals surface area (Å²) in [7, 11) is 0. The van der Waals surface area contributed by atoms with Crippen LogP contribution in [-0.2, 0) is 9.57 Å². The van der Waals surface area contributed by atoms with E-state index in [4.69, 9.17) is 9.57 Å². The summed E-state index contributed by atoms with van der Waals surface area (Å²) in [5.74, 6) is -0.861. The SMILES string of the molecule is CCCC(ONC(=O)OC(C)(C)C)N1C(=O)c2ccccc2C1=O. The summed E-state index contributed by atoms with van der Waals surface area (Å²) in [6.07, 6.45) is -0.620. The standard InChI is InChI=1S/C17H22N2O5/c1-5-8-13(24-18-16(22)23-17(2,3)4)19-14(20)11-9-6-7-10-12(11)15(19)21/h6-7,9-10,13H,5,8H2,1-4H3,(H,18,22). The van der Waals surface area contributed by atoms with E-state index in [0.717, 1.165) is 4.90 Å². The van der Waals surface area contributed by atoms with E-state index in [2.05, 4.69) is 5.48 Å². The highest BCUT2D eigenvalue weighted by atomic mass is 16.7. The molecule has 0 bridgehead atoms. The maximum Gasteiger partial charge on any atom is 0.431 e. The first-order valence-electron chi connectivity index (χ1n) is 7.86. The molecule has 3 amide bonds. The molecule has 1 aromatic carbocycles. The first-order valence-corrected chi connectivity index (χ1v) is 7.86. The molecule has 0 spiro atoms. The van der Waals surface area contributed by atoms with E-state index in [1.165, 1.54) is 0 Å². The number of nitrogens with zero attached hydrogens (tertiary/aromatic N) is 1. The third-order valence-corrected chi connectivity index (χ3v) is 3.33. The summed E-state index contributed by atoms with van der Waals surface area (Å²) in [4.78, 5) is 43.0. The molecule has 0 fully saturated rings. The van der Waals surface area contributed by atoms with Gasteiger partial charge in [-0.1, -0.05) is 25.5 Å². The van der Waals surface area contributed by atoms with Crippen molar-refractivity contribution in [2.24, 2.45) is 0 Å². The predicted molar refractivity (Wildman–Crippen MR) is 86.1 cm³/mol.